The number of rotatable bonds is 4. The van der Waals surface area contributed by atoms with E-state index < -0.39 is 17.3 Å². The molecule has 1 heterocycles. The summed E-state index contributed by atoms with van der Waals surface area (Å²) in [6.45, 7) is 1.80. The van der Waals surface area contributed by atoms with Crippen LogP contribution in [0.15, 0.2) is 0 Å². The Balaban J connectivity index is 2.12. The molecule has 0 aromatic rings. The van der Waals surface area contributed by atoms with E-state index in [9.17, 15) is 14.4 Å². The van der Waals surface area contributed by atoms with Gasteiger partial charge in [0.15, 0.2) is 0 Å². The summed E-state index contributed by atoms with van der Waals surface area (Å²) in [5.74, 6) is -1.90. The van der Waals surface area contributed by atoms with E-state index in [-0.39, 0.29) is 24.8 Å². The lowest BCUT2D eigenvalue weighted by molar-refractivity contribution is -0.147. The minimum Gasteiger partial charge on any atom is -0.481 e. The Morgan fingerprint density at radius 3 is 2.47 bits per heavy atom. The van der Waals surface area contributed by atoms with Crippen molar-refractivity contribution in [2.24, 2.45) is 11.3 Å². The zero-order valence-corrected chi connectivity index (χ0v) is 11.4. The summed E-state index contributed by atoms with van der Waals surface area (Å²) in [5.41, 5.74) is -0.508. The zero-order chi connectivity index (χ0) is 14.0. The van der Waals surface area contributed by atoms with Crippen LogP contribution in [0.4, 0.5) is 0 Å². The first kappa shape index (κ1) is 14.0. The summed E-state index contributed by atoms with van der Waals surface area (Å²) in [5, 5.41) is 9.06. The van der Waals surface area contributed by atoms with Gasteiger partial charge in [0.2, 0.25) is 11.8 Å². The topological polar surface area (TPSA) is 74.7 Å². The normalized spacial score (nSPS) is 23.9. The molecule has 2 aliphatic rings. The molecule has 2 amide bonds. The molecular formula is C14H21NO4. The predicted octanol–water partition coefficient (Wildman–Crippen LogP) is 1.81. The fraction of sp³-hybridized carbons (Fsp3) is 0.786. The monoisotopic (exact) mass is 267 g/mol. The van der Waals surface area contributed by atoms with Crippen LogP contribution in [0, 0.1) is 11.3 Å². The van der Waals surface area contributed by atoms with Gasteiger partial charge in [0, 0.05) is 13.0 Å². The first-order valence-electron chi connectivity index (χ1n) is 7.08. The Morgan fingerprint density at radius 2 is 1.95 bits per heavy atom. The fourth-order valence-corrected chi connectivity index (χ4v) is 3.27. The Bertz CT molecular complexity index is 398. The average Bonchev–Trinajstić information content (AvgIpc) is 2.60. The minimum atomic E-state index is -0.937. The number of carboxylic acid groups (broad SMARTS) is 1. The van der Waals surface area contributed by atoms with Gasteiger partial charge in [-0.1, -0.05) is 26.2 Å². The molecule has 1 saturated carbocycles. The summed E-state index contributed by atoms with van der Waals surface area (Å²) in [4.78, 5) is 36.8. The molecule has 1 saturated heterocycles. The van der Waals surface area contributed by atoms with Crippen molar-refractivity contribution in [1.29, 1.82) is 0 Å². The van der Waals surface area contributed by atoms with Crippen LogP contribution < -0.4 is 0 Å². The summed E-state index contributed by atoms with van der Waals surface area (Å²) < 4.78 is 0. The van der Waals surface area contributed by atoms with Gasteiger partial charge in [0.1, 0.15) is 0 Å². The first-order chi connectivity index (χ1) is 9.00. The molecule has 1 atom stereocenters. The van der Waals surface area contributed by atoms with Crippen molar-refractivity contribution in [3.63, 3.8) is 0 Å². The number of amides is 2. The fourth-order valence-electron chi connectivity index (χ4n) is 3.27. The number of hydrogen-bond acceptors (Lipinski definition) is 3. The maximum absolute atomic E-state index is 12.5. The van der Waals surface area contributed by atoms with Gasteiger partial charge < -0.3 is 5.11 Å². The molecule has 19 heavy (non-hydrogen) atoms. The highest BCUT2D eigenvalue weighted by atomic mass is 16.4. The van der Waals surface area contributed by atoms with Crippen molar-refractivity contribution in [2.45, 2.75) is 51.9 Å². The number of aliphatic carboxylic acids is 1. The molecule has 2 fully saturated rings. The molecule has 5 nitrogen and oxygen atoms in total. The lowest BCUT2D eigenvalue weighted by Gasteiger charge is -2.30. The van der Waals surface area contributed by atoms with E-state index in [2.05, 4.69) is 0 Å². The van der Waals surface area contributed by atoms with Crippen molar-refractivity contribution in [1.82, 2.24) is 4.90 Å². The van der Waals surface area contributed by atoms with Crippen LogP contribution in [-0.4, -0.2) is 34.3 Å². The minimum absolute atomic E-state index is 0.0330. The van der Waals surface area contributed by atoms with Gasteiger partial charge >= 0.3 is 5.97 Å². The van der Waals surface area contributed by atoms with E-state index in [1.807, 2.05) is 0 Å². The van der Waals surface area contributed by atoms with Crippen LogP contribution in [0.1, 0.15) is 51.9 Å². The van der Waals surface area contributed by atoms with Crippen molar-refractivity contribution in [3.8, 4) is 0 Å². The van der Waals surface area contributed by atoms with Crippen molar-refractivity contribution < 1.29 is 19.5 Å². The second-order valence-corrected chi connectivity index (χ2v) is 5.77. The van der Waals surface area contributed by atoms with Crippen molar-refractivity contribution in [2.75, 3.05) is 6.54 Å². The van der Waals surface area contributed by atoms with Crippen LogP contribution >= 0.6 is 0 Å². The highest BCUT2D eigenvalue weighted by Gasteiger charge is 2.51. The van der Waals surface area contributed by atoms with Gasteiger partial charge in [0.25, 0.3) is 0 Å². The van der Waals surface area contributed by atoms with E-state index in [1.165, 1.54) is 4.90 Å². The quantitative estimate of drug-likeness (QED) is 0.788. The molecule has 106 valence electrons. The van der Waals surface area contributed by atoms with Crippen LogP contribution in [0.3, 0.4) is 0 Å². The summed E-state index contributed by atoms with van der Waals surface area (Å²) >= 11 is 0. The Morgan fingerprint density at radius 1 is 1.32 bits per heavy atom. The smallest absolute Gasteiger partial charge is 0.308 e. The molecule has 1 unspecified atom stereocenters. The molecule has 5 heteroatoms. The van der Waals surface area contributed by atoms with E-state index >= 15 is 0 Å². The predicted molar refractivity (Wildman–Crippen MR) is 68.3 cm³/mol. The Hall–Kier alpha value is -1.39. The van der Waals surface area contributed by atoms with Crippen LogP contribution in [-0.2, 0) is 14.4 Å². The number of carbonyl (C=O) groups is 3. The molecule has 1 spiro atoms. The van der Waals surface area contributed by atoms with Gasteiger partial charge in [0.05, 0.1) is 11.3 Å². The number of carbonyl (C=O) groups excluding carboxylic acids is 2. The second-order valence-electron chi connectivity index (χ2n) is 5.77. The van der Waals surface area contributed by atoms with Crippen molar-refractivity contribution >= 4 is 17.8 Å². The van der Waals surface area contributed by atoms with Crippen LogP contribution in [0.2, 0.25) is 0 Å². The lowest BCUT2D eigenvalue weighted by atomic mass is 9.73. The van der Waals surface area contributed by atoms with Gasteiger partial charge in [-0.15, -0.1) is 0 Å². The lowest BCUT2D eigenvalue weighted by Crippen LogP contribution is -2.40. The summed E-state index contributed by atoms with van der Waals surface area (Å²) in [6, 6.07) is 0. The van der Waals surface area contributed by atoms with E-state index in [1.54, 1.807) is 6.92 Å². The SMILES string of the molecule is CCC(CN1C(=O)CC2(CCCCC2)C1=O)C(=O)O. The third kappa shape index (κ3) is 2.51. The number of carboxylic acids is 1. The molecule has 0 bridgehead atoms. The van der Waals surface area contributed by atoms with Gasteiger partial charge in [-0.2, -0.15) is 0 Å². The van der Waals surface area contributed by atoms with Gasteiger partial charge in [-0.25, -0.2) is 0 Å². The number of likely N-dealkylation sites (tertiary alicyclic amines) is 1. The third-order valence-electron chi connectivity index (χ3n) is 4.55. The molecule has 0 radical (unpaired) electrons. The third-order valence-corrected chi connectivity index (χ3v) is 4.55. The second kappa shape index (κ2) is 5.31. The highest BCUT2D eigenvalue weighted by Crippen LogP contribution is 2.45. The summed E-state index contributed by atoms with van der Waals surface area (Å²) in [6.07, 6.45) is 5.36. The van der Waals surface area contributed by atoms with Gasteiger partial charge in [-0.3, -0.25) is 19.3 Å². The number of hydrogen-bond donors (Lipinski definition) is 1. The molecule has 0 aromatic heterocycles. The Kier molecular flexibility index (Phi) is 3.92. The molecule has 1 aliphatic heterocycles. The van der Waals surface area contributed by atoms with E-state index in [4.69, 9.17) is 5.11 Å². The Labute approximate surface area is 113 Å². The van der Waals surface area contributed by atoms with Crippen LogP contribution in [0.25, 0.3) is 0 Å². The van der Waals surface area contributed by atoms with Crippen LogP contribution in [0.5, 0.6) is 0 Å². The molecule has 0 aromatic carbocycles. The average molecular weight is 267 g/mol. The van der Waals surface area contributed by atoms with Crippen molar-refractivity contribution in [3.05, 3.63) is 0 Å². The van der Waals surface area contributed by atoms with E-state index in [0.717, 1.165) is 32.1 Å². The maximum Gasteiger partial charge on any atom is 0.308 e. The molecule has 2 rings (SSSR count). The first-order valence-corrected chi connectivity index (χ1v) is 7.08. The largest absolute Gasteiger partial charge is 0.481 e. The number of nitrogens with zero attached hydrogens (tertiary/aromatic N) is 1. The molecular weight excluding hydrogens is 246 g/mol. The standard InChI is InChI=1S/C14H21NO4/c1-2-10(12(17)18)9-15-11(16)8-14(13(15)19)6-4-3-5-7-14/h10H,2-9H2,1H3,(H,17,18). The number of imide groups is 1. The summed E-state index contributed by atoms with van der Waals surface area (Å²) in [7, 11) is 0. The van der Waals surface area contributed by atoms with E-state index in [0.29, 0.717) is 6.42 Å². The molecule has 1 N–H and O–H groups in total. The molecule has 1 aliphatic carbocycles. The highest BCUT2D eigenvalue weighted by molar-refractivity contribution is 6.06. The zero-order valence-electron chi connectivity index (χ0n) is 11.4. The maximum atomic E-state index is 12.5. The van der Waals surface area contributed by atoms with Gasteiger partial charge in [-0.05, 0) is 19.3 Å².